The van der Waals surface area contributed by atoms with E-state index in [1.807, 2.05) is 0 Å². The fourth-order valence-electron chi connectivity index (χ4n) is 2.25. The zero-order chi connectivity index (χ0) is 15.2. The third kappa shape index (κ3) is 4.31. The van der Waals surface area contributed by atoms with E-state index in [9.17, 15) is 9.59 Å². The van der Waals surface area contributed by atoms with Gasteiger partial charge in [0.05, 0.1) is 31.5 Å². The highest BCUT2D eigenvalue weighted by atomic mass is 79.9. The molecule has 1 aliphatic rings. The Balaban J connectivity index is 2.04. The molecule has 1 aromatic heterocycles. The van der Waals surface area contributed by atoms with Crippen molar-refractivity contribution in [3.05, 3.63) is 22.6 Å². The third-order valence-electron chi connectivity index (χ3n) is 3.40. The van der Waals surface area contributed by atoms with E-state index in [0.29, 0.717) is 23.3 Å². The molecule has 0 spiro atoms. The van der Waals surface area contributed by atoms with Crippen LogP contribution in [0, 0.1) is 0 Å². The highest BCUT2D eigenvalue weighted by Gasteiger charge is 2.26. The van der Waals surface area contributed by atoms with Gasteiger partial charge in [0.15, 0.2) is 4.67 Å². The molecule has 0 aromatic carbocycles. The van der Waals surface area contributed by atoms with Gasteiger partial charge in [0.2, 0.25) is 0 Å². The SMILES string of the molecule is COC(=O)CCN(CC1CCCO1)C(=O)c1ccoc1Br. The first-order valence-electron chi connectivity index (χ1n) is 6.82. The first-order chi connectivity index (χ1) is 10.1. The van der Waals surface area contributed by atoms with Crippen molar-refractivity contribution >= 4 is 27.8 Å². The van der Waals surface area contributed by atoms with Gasteiger partial charge in [-0.25, -0.2) is 0 Å². The number of ether oxygens (including phenoxy) is 2. The summed E-state index contributed by atoms with van der Waals surface area (Å²) in [5.74, 6) is -0.526. The molecule has 0 saturated carbocycles. The molecule has 1 fully saturated rings. The van der Waals surface area contributed by atoms with E-state index in [1.54, 1.807) is 11.0 Å². The maximum Gasteiger partial charge on any atom is 0.307 e. The van der Waals surface area contributed by atoms with E-state index >= 15 is 0 Å². The smallest absolute Gasteiger partial charge is 0.307 e. The maximum atomic E-state index is 12.5. The van der Waals surface area contributed by atoms with Gasteiger partial charge in [0.25, 0.3) is 5.91 Å². The first kappa shape index (κ1) is 16.0. The zero-order valence-corrected chi connectivity index (χ0v) is 13.4. The Hall–Kier alpha value is -1.34. The number of amides is 1. The van der Waals surface area contributed by atoms with Crippen LogP contribution >= 0.6 is 15.9 Å². The lowest BCUT2D eigenvalue weighted by molar-refractivity contribution is -0.140. The molecule has 116 valence electrons. The number of rotatable bonds is 6. The minimum atomic E-state index is -0.341. The molecule has 0 radical (unpaired) electrons. The average molecular weight is 360 g/mol. The Morgan fingerprint density at radius 3 is 2.90 bits per heavy atom. The number of furan rings is 1. The van der Waals surface area contributed by atoms with Crippen LogP contribution in [0.15, 0.2) is 21.4 Å². The van der Waals surface area contributed by atoms with Crippen LogP contribution in [-0.4, -0.2) is 49.7 Å². The number of hydrogen-bond donors (Lipinski definition) is 0. The molecule has 6 nitrogen and oxygen atoms in total. The lowest BCUT2D eigenvalue weighted by atomic mass is 10.2. The van der Waals surface area contributed by atoms with Crippen molar-refractivity contribution < 1.29 is 23.5 Å². The zero-order valence-electron chi connectivity index (χ0n) is 11.8. The van der Waals surface area contributed by atoms with Crippen LogP contribution in [0.5, 0.6) is 0 Å². The van der Waals surface area contributed by atoms with Gasteiger partial charge in [0, 0.05) is 19.7 Å². The fourth-order valence-corrected chi connectivity index (χ4v) is 2.66. The van der Waals surface area contributed by atoms with E-state index < -0.39 is 0 Å². The fraction of sp³-hybridized carbons (Fsp3) is 0.571. The summed E-state index contributed by atoms with van der Waals surface area (Å²) < 4.78 is 15.7. The van der Waals surface area contributed by atoms with E-state index in [0.717, 1.165) is 19.4 Å². The van der Waals surface area contributed by atoms with Crippen molar-refractivity contribution in [2.45, 2.75) is 25.4 Å². The second-order valence-electron chi connectivity index (χ2n) is 4.82. The van der Waals surface area contributed by atoms with Crippen LogP contribution in [0.3, 0.4) is 0 Å². The molecule has 1 amide bonds. The highest BCUT2D eigenvalue weighted by molar-refractivity contribution is 9.10. The third-order valence-corrected chi connectivity index (χ3v) is 4.01. The van der Waals surface area contributed by atoms with E-state index in [1.165, 1.54) is 13.4 Å². The van der Waals surface area contributed by atoms with Gasteiger partial charge in [-0.2, -0.15) is 0 Å². The van der Waals surface area contributed by atoms with E-state index in [-0.39, 0.29) is 24.4 Å². The molecule has 0 N–H and O–H groups in total. The molecule has 7 heteroatoms. The normalized spacial score (nSPS) is 17.7. The molecule has 1 saturated heterocycles. The Bertz CT molecular complexity index is 495. The van der Waals surface area contributed by atoms with Gasteiger partial charge in [-0.15, -0.1) is 0 Å². The molecular weight excluding hydrogens is 342 g/mol. The summed E-state index contributed by atoms with van der Waals surface area (Å²) in [5, 5.41) is 0. The second-order valence-corrected chi connectivity index (χ2v) is 5.54. The molecule has 2 rings (SSSR count). The van der Waals surface area contributed by atoms with Crippen LogP contribution in [0.4, 0.5) is 0 Å². The van der Waals surface area contributed by atoms with Crippen LogP contribution < -0.4 is 0 Å². The summed E-state index contributed by atoms with van der Waals surface area (Å²) in [4.78, 5) is 25.5. The number of carbonyl (C=O) groups excluding carboxylic acids is 2. The molecule has 1 aliphatic heterocycles. The second kappa shape index (κ2) is 7.61. The lowest BCUT2D eigenvalue weighted by Crippen LogP contribution is -2.38. The van der Waals surface area contributed by atoms with Crippen LogP contribution in [-0.2, 0) is 14.3 Å². The summed E-state index contributed by atoms with van der Waals surface area (Å²) in [5.41, 5.74) is 0.442. The molecule has 21 heavy (non-hydrogen) atoms. The number of nitrogens with zero attached hydrogens (tertiary/aromatic N) is 1. The standard InChI is InChI=1S/C14H18BrNO5/c1-19-12(17)4-6-16(9-10-3-2-7-20-10)14(18)11-5-8-21-13(11)15/h5,8,10H,2-4,6-7,9H2,1H3. The summed E-state index contributed by atoms with van der Waals surface area (Å²) in [7, 11) is 1.33. The van der Waals surface area contributed by atoms with Crippen molar-refractivity contribution in [2.75, 3.05) is 26.8 Å². The van der Waals surface area contributed by atoms with Gasteiger partial charge >= 0.3 is 5.97 Å². The van der Waals surface area contributed by atoms with Gasteiger partial charge in [-0.1, -0.05) is 0 Å². The Labute approximate surface area is 131 Å². The van der Waals surface area contributed by atoms with Gasteiger partial charge in [-0.3, -0.25) is 9.59 Å². The Morgan fingerprint density at radius 2 is 2.33 bits per heavy atom. The number of methoxy groups -OCH3 is 1. The first-order valence-corrected chi connectivity index (χ1v) is 7.61. The molecule has 0 bridgehead atoms. The number of halogens is 1. The molecular formula is C14H18BrNO5. The summed E-state index contributed by atoms with van der Waals surface area (Å²) in [6.45, 7) is 1.48. The Morgan fingerprint density at radius 1 is 1.52 bits per heavy atom. The molecule has 0 aliphatic carbocycles. The van der Waals surface area contributed by atoms with Crippen LogP contribution in [0.2, 0.25) is 0 Å². The summed E-state index contributed by atoms with van der Waals surface area (Å²) >= 11 is 3.20. The van der Waals surface area contributed by atoms with Crippen molar-refractivity contribution in [1.29, 1.82) is 0 Å². The largest absolute Gasteiger partial charge is 0.469 e. The number of carbonyl (C=O) groups is 2. The molecule has 1 atom stereocenters. The van der Waals surface area contributed by atoms with E-state index in [2.05, 4.69) is 20.7 Å². The monoisotopic (exact) mass is 359 g/mol. The number of esters is 1. The molecule has 1 unspecified atom stereocenters. The van der Waals surface area contributed by atoms with Crippen LogP contribution in [0.25, 0.3) is 0 Å². The lowest BCUT2D eigenvalue weighted by Gasteiger charge is -2.24. The van der Waals surface area contributed by atoms with E-state index in [4.69, 9.17) is 9.15 Å². The summed E-state index contributed by atoms with van der Waals surface area (Å²) in [6.07, 6.45) is 3.55. The van der Waals surface area contributed by atoms with Gasteiger partial charge < -0.3 is 18.8 Å². The van der Waals surface area contributed by atoms with Crippen LogP contribution in [0.1, 0.15) is 29.6 Å². The highest BCUT2D eigenvalue weighted by Crippen LogP contribution is 2.21. The Kier molecular flexibility index (Phi) is 5.81. The van der Waals surface area contributed by atoms with Gasteiger partial charge in [-0.05, 0) is 34.8 Å². The van der Waals surface area contributed by atoms with Crippen molar-refractivity contribution in [3.8, 4) is 0 Å². The van der Waals surface area contributed by atoms with Crippen molar-refractivity contribution in [3.63, 3.8) is 0 Å². The quantitative estimate of drug-likeness (QED) is 0.728. The predicted molar refractivity (Wildman–Crippen MR) is 77.9 cm³/mol. The van der Waals surface area contributed by atoms with Crippen molar-refractivity contribution in [1.82, 2.24) is 4.90 Å². The minimum absolute atomic E-state index is 0.0253. The van der Waals surface area contributed by atoms with Gasteiger partial charge in [0.1, 0.15) is 0 Å². The molecule has 1 aromatic rings. The average Bonchev–Trinajstić information content (AvgIpc) is 3.13. The minimum Gasteiger partial charge on any atom is -0.469 e. The summed E-state index contributed by atoms with van der Waals surface area (Å²) in [6, 6.07) is 1.60. The number of hydrogen-bond acceptors (Lipinski definition) is 5. The maximum absolute atomic E-state index is 12.5. The van der Waals surface area contributed by atoms with Crippen molar-refractivity contribution in [2.24, 2.45) is 0 Å². The topological polar surface area (TPSA) is 69.0 Å². The predicted octanol–water partition coefficient (Wildman–Crippen LogP) is 2.23. The molecule has 2 heterocycles.